The van der Waals surface area contributed by atoms with Crippen LogP contribution in [0, 0.1) is 5.92 Å². The summed E-state index contributed by atoms with van der Waals surface area (Å²) in [5.74, 6) is -0.0256. The third-order valence-electron chi connectivity index (χ3n) is 2.23. The first kappa shape index (κ1) is 17.2. The number of rotatable bonds is 8. The van der Waals surface area contributed by atoms with E-state index in [1.807, 2.05) is 13.8 Å². The molecule has 0 heterocycles. The standard InChI is InChI=1S/C11H21F3N2O2/c1-9(2)3-4-15-10(18)7-16(5-6-17)8-11(12,13)14/h9,17H,3-8H2,1-2H3,(H,15,18). The van der Waals surface area contributed by atoms with Gasteiger partial charge >= 0.3 is 6.18 Å². The molecule has 108 valence electrons. The summed E-state index contributed by atoms with van der Waals surface area (Å²) >= 11 is 0. The minimum atomic E-state index is -4.37. The van der Waals surface area contributed by atoms with Gasteiger partial charge in [0.05, 0.1) is 19.7 Å². The fourth-order valence-electron chi connectivity index (χ4n) is 1.37. The van der Waals surface area contributed by atoms with E-state index in [2.05, 4.69) is 5.32 Å². The Balaban J connectivity index is 4.03. The maximum atomic E-state index is 12.2. The molecule has 7 heteroatoms. The van der Waals surface area contributed by atoms with Gasteiger partial charge in [-0.3, -0.25) is 9.69 Å². The molecule has 0 saturated heterocycles. The minimum absolute atomic E-state index is 0.170. The van der Waals surface area contributed by atoms with Crippen LogP contribution in [-0.2, 0) is 4.79 Å². The zero-order valence-electron chi connectivity index (χ0n) is 10.8. The molecular weight excluding hydrogens is 249 g/mol. The molecule has 0 saturated carbocycles. The van der Waals surface area contributed by atoms with Crippen molar-refractivity contribution in [1.29, 1.82) is 0 Å². The smallest absolute Gasteiger partial charge is 0.395 e. The van der Waals surface area contributed by atoms with Gasteiger partial charge in [0, 0.05) is 13.1 Å². The zero-order valence-corrected chi connectivity index (χ0v) is 10.8. The second-order valence-corrected chi connectivity index (χ2v) is 4.58. The van der Waals surface area contributed by atoms with Crippen LogP contribution in [0.2, 0.25) is 0 Å². The Kier molecular flexibility index (Phi) is 7.93. The molecule has 0 bridgehead atoms. The molecule has 0 fully saturated rings. The van der Waals surface area contributed by atoms with Crippen molar-refractivity contribution in [1.82, 2.24) is 10.2 Å². The molecular formula is C11H21F3N2O2. The van der Waals surface area contributed by atoms with E-state index >= 15 is 0 Å². The van der Waals surface area contributed by atoms with Crippen molar-refractivity contribution in [2.24, 2.45) is 5.92 Å². The van der Waals surface area contributed by atoms with Crippen molar-refractivity contribution in [2.75, 3.05) is 32.8 Å². The molecule has 4 nitrogen and oxygen atoms in total. The summed E-state index contributed by atoms with van der Waals surface area (Å²) in [6.07, 6.45) is -3.58. The Labute approximate surface area is 105 Å². The number of alkyl halides is 3. The van der Waals surface area contributed by atoms with Crippen molar-refractivity contribution in [2.45, 2.75) is 26.4 Å². The van der Waals surface area contributed by atoms with Crippen LogP contribution >= 0.6 is 0 Å². The quantitative estimate of drug-likeness (QED) is 0.692. The highest BCUT2D eigenvalue weighted by Gasteiger charge is 2.31. The molecule has 2 N–H and O–H groups in total. The lowest BCUT2D eigenvalue weighted by Crippen LogP contribution is -2.43. The molecule has 0 rings (SSSR count). The van der Waals surface area contributed by atoms with E-state index in [-0.39, 0.29) is 13.1 Å². The second kappa shape index (κ2) is 8.31. The summed E-state index contributed by atoms with van der Waals surface area (Å²) in [6, 6.07) is 0. The molecule has 0 aliphatic heterocycles. The SMILES string of the molecule is CC(C)CCNC(=O)CN(CCO)CC(F)(F)F. The number of halogens is 3. The van der Waals surface area contributed by atoms with Crippen LogP contribution in [0.25, 0.3) is 0 Å². The lowest BCUT2D eigenvalue weighted by atomic mass is 10.1. The number of carbonyl (C=O) groups is 1. The number of nitrogens with zero attached hydrogens (tertiary/aromatic N) is 1. The van der Waals surface area contributed by atoms with Gasteiger partial charge in [-0.15, -0.1) is 0 Å². The molecule has 0 atom stereocenters. The summed E-state index contributed by atoms with van der Waals surface area (Å²) < 4.78 is 36.5. The second-order valence-electron chi connectivity index (χ2n) is 4.58. The fraction of sp³-hybridized carbons (Fsp3) is 0.909. The Bertz CT molecular complexity index is 245. The van der Waals surface area contributed by atoms with E-state index in [0.717, 1.165) is 11.3 Å². The Morgan fingerprint density at radius 3 is 2.44 bits per heavy atom. The Morgan fingerprint density at radius 2 is 2.00 bits per heavy atom. The maximum Gasteiger partial charge on any atom is 0.401 e. The van der Waals surface area contributed by atoms with Crippen LogP contribution in [0.1, 0.15) is 20.3 Å². The number of aliphatic hydroxyl groups excluding tert-OH is 1. The number of amides is 1. The monoisotopic (exact) mass is 270 g/mol. The van der Waals surface area contributed by atoms with Crippen LogP contribution in [-0.4, -0.2) is 54.9 Å². The first-order valence-electron chi connectivity index (χ1n) is 5.91. The van der Waals surface area contributed by atoms with Crippen molar-refractivity contribution < 1.29 is 23.1 Å². The zero-order chi connectivity index (χ0) is 14.2. The van der Waals surface area contributed by atoms with Gasteiger partial charge in [-0.25, -0.2) is 0 Å². The third kappa shape index (κ3) is 10.3. The first-order valence-corrected chi connectivity index (χ1v) is 5.91. The molecule has 1 amide bonds. The van der Waals surface area contributed by atoms with Crippen LogP contribution in [0.3, 0.4) is 0 Å². The van der Waals surface area contributed by atoms with Crippen LogP contribution in [0.4, 0.5) is 13.2 Å². The Morgan fingerprint density at radius 1 is 1.39 bits per heavy atom. The first-order chi connectivity index (χ1) is 8.24. The highest BCUT2D eigenvalue weighted by atomic mass is 19.4. The lowest BCUT2D eigenvalue weighted by molar-refractivity contribution is -0.149. The van der Waals surface area contributed by atoms with E-state index < -0.39 is 25.2 Å². The summed E-state index contributed by atoms with van der Waals surface area (Å²) in [7, 11) is 0. The molecule has 0 aromatic rings. The van der Waals surface area contributed by atoms with E-state index in [1.54, 1.807) is 0 Å². The summed E-state index contributed by atoms with van der Waals surface area (Å²) in [4.78, 5) is 12.3. The van der Waals surface area contributed by atoms with Crippen LogP contribution in [0.5, 0.6) is 0 Å². The maximum absolute atomic E-state index is 12.2. The number of hydrogen-bond donors (Lipinski definition) is 2. The predicted octanol–water partition coefficient (Wildman–Crippen LogP) is 1.01. The van der Waals surface area contributed by atoms with Crippen LogP contribution < -0.4 is 5.32 Å². The van der Waals surface area contributed by atoms with E-state index in [0.29, 0.717) is 12.5 Å². The molecule has 0 spiro atoms. The highest BCUT2D eigenvalue weighted by Crippen LogP contribution is 2.15. The van der Waals surface area contributed by atoms with Crippen molar-refractivity contribution in [3.05, 3.63) is 0 Å². The third-order valence-corrected chi connectivity index (χ3v) is 2.23. The largest absolute Gasteiger partial charge is 0.401 e. The molecule has 0 aliphatic rings. The molecule has 18 heavy (non-hydrogen) atoms. The molecule has 0 radical (unpaired) electrons. The fourth-order valence-corrected chi connectivity index (χ4v) is 1.37. The normalized spacial score (nSPS) is 12.2. The number of aliphatic hydroxyl groups is 1. The van der Waals surface area contributed by atoms with Crippen molar-refractivity contribution >= 4 is 5.91 Å². The van der Waals surface area contributed by atoms with E-state index in [9.17, 15) is 18.0 Å². The van der Waals surface area contributed by atoms with Gasteiger partial charge in [-0.2, -0.15) is 13.2 Å². The van der Waals surface area contributed by atoms with E-state index in [1.165, 1.54) is 0 Å². The summed E-state index contributed by atoms with van der Waals surface area (Å²) in [5.41, 5.74) is 0. The van der Waals surface area contributed by atoms with Gasteiger partial charge in [0.25, 0.3) is 0 Å². The van der Waals surface area contributed by atoms with Gasteiger partial charge in [-0.05, 0) is 12.3 Å². The van der Waals surface area contributed by atoms with Gasteiger partial charge in [0.1, 0.15) is 0 Å². The predicted molar refractivity (Wildman–Crippen MR) is 62.0 cm³/mol. The number of carbonyl (C=O) groups excluding carboxylic acids is 1. The lowest BCUT2D eigenvalue weighted by Gasteiger charge is -2.22. The molecule has 0 unspecified atom stereocenters. The van der Waals surface area contributed by atoms with Gasteiger partial charge in [0.2, 0.25) is 5.91 Å². The highest BCUT2D eigenvalue weighted by molar-refractivity contribution is 5.77. The molecule has 0 aromatic heterocycles. The summed E-state index contributed by atoms with van der Waals surface area (Å²) in [5, 5.41) is 11.2. The molecule has 0 aromatic carbocycles. The van der Waals surface area contributed by atoms with Crippen LogP contribution in [0.15, 0.2) is 0 Å². The number of nitrogens with one attached hydrogen (secondary N) is 1. The average molecular weight is 270 g/mol. The van der Waals surface area contributed by atoms with Gasteiger partial charge in [-0.1, -0.05) is 13.8 Å². The van der Waals surface area contributed by atoms with Crippen molar-refractivity contribution in [3.8, 4) is 0 Å². The summed E-state index contributed by atoms with van der Waals surface area (Å²) in [6.45, 7) is 2.33. The molecule has 0 aliphatic carbocycles. The van der Waals surface area contributed by atoms with Crippen molar-refractivity contribution in [3.63, 3.8) is 0 Å². The minimum Gasteiger partial charge on any atom is -0.395 e. The average Bonchev–Trinajstić information content (AvgIpc) is 2.14. The Hall–Kier alpha value is -0.820. The van der Waals surface area contributed by atoms with Gasteiger partial charge in [0.15, 0.2) is 0 Å². The number of hydrogen-bond acceptors (Lipinski definition) is 3. The van der Waals surface area contributed by atoms with Gasteiger partial charge < -0.3 is 10.4 Å². The van der Waals surface area contributed by atoms with E-state index in [4.69, 9.17) is 5.11 Å². The topological polar surface area (TPSA) is 52.6 Å².